The van der Waals surface area contributed by atoms with Crippen molar-refractivity contribution in [2.75, 3.05) is 11.9 Å². The maximum Gasteiger partial charge on any atom is 0.494 e. The zero-order valence-corrected chi connectivity index (χ0v) is 20.5. The van der Waals surface area contributed by atoms with Crippen molar-refractivity contribution in [3.63, 3.8) is 0 Å². The number of alkyl halides is 3. The zero-order chi connectivity index (χ0) is 26.3. The first-order valence-electron chi connectivity index (χ1n) is 11.2. The molecule has 36 heavy (non-hydrogen) atoms. The smallest absolute Gasteiger partial charge is 0.399 e. The summed E-state index contributed by atoms with van der Waals surface area (Å²) in [7, 11) is 1.25. The summed E-state index contributed by atoms with van der Waals surface area (Å²) in [6.07, 6.45) is -3.16. The second-order valence-corrected chi connectivity index (χ2v) is 9.45. The molecule has 1 amide bonds. The quantitative estimate of drug-likeness (QED) is 0.499. The van der Waals surface area contributed by atoms with Crippen LogP contribution in [0.1, 0.15) is 38.2 Å². The van der Waals surface area contributed by atoms with Gasteiger partial charge in [0.2, 0.25) is 5.95 Å². The minimum absolute atomic E-state index is 0.139. The first kappa shape index (κ1) is 25.6. The van der Waals surface area contributed by atoms with Crippen molar-refractivity contribution in [3.8, 4) is 11.4 Å². The highest BCUT2D eigenvalue weighted by atomic mass is 19.4. The van der Waals surface area contributed by atoms with Crippen molar-refractivity contribution in [1.29, 1.82) is 0 Å². The van der Waals surface area contributed by atoms with Gasteiger partial charge in [-0.1, -0.05) is 12.1 Å². The van der Waals surface area contributed by atoms with E-state index in [9.17, 15) is 18.0 Å². The fourth-order valence-electron chi connectivity index (χ4n) is 3.38. The first-order valence-corrected chi connectivity index (χ1v) is 11.2. The van der Waals surface area contributed by atoms with E-state index in [0.29, 0.717) is 17.3 Å². The van der Waals surface area contributed by atoms with Crippen LogP contribution in [0, 0.1) is 0 Å². The third kappa shape index (κ3) is 5.52. The Morgan fingerprint density at radius 3 is 2.25 bits per heavy atom. The number of carbonyl (C=O) groups excluding carboxylic acids is 1. The van der Waals surface area contributed by atoms with E-state index in [2.05, 4.69) is 20.4 Å². The van der Waals surface area contributed by atoms with E-state index in [1.807, 2.05) is 52.0 Å². The fourth-order valence-corrected chi connectivity index (χ4v) is 3.38. The van der Waals surface area contributed by atoms with Gasteiger partial charge in [0.15, 0.2) is 5.82 Å². The summed E-state index contributed by atoms with van der Waals surface area (Å²) in [4.78, 5) is 20.2. The van der Waals surface area contributed by atoms with Crippen molar-refractivity contribution in [3.05, 3.63) is 48.3 Å². The molecule has 0 unspecified atom stereocenters. The van der Waals surface area contributed by atoms with Crippen LogP contribution in [0.3, 0.4) is 0 Å². The molecule has 190 valence electrons. The summed E-state index contributed by atoms with van der Waals surface area (Å²) < 4.78 is 50.6. The van der Waals surface area contributed by atoms with Crippen LogP contribution < -0.4 is 16.1 Å². The molecule has 0 aliphatic carbocycles. The van der Waals surface area contributed by atoms with Crippen LogP contribution in [0.25, 0.3) is 11.4 Å². The van der Waals surface area contributed by atoms with Crippen molar-refractivity contribution in [2.45, 2.75) is 45.1 Å². The number of rotatable bonds is 6. The van der Waals surface area contributed by atoms with Gasteiger partial charge in [-0.05, 0) is 57.4 Å². The van der Waals surface area contributed by atoms with Crippen LogP contribution in [0.2, 0.25) is 0 Å². The van der Waals surface area contributed by atoms with Gasteiger partial charge in [0.25, 0.3) is 5.91 Å². The molecular formula is C23H26BF3N6O3. The van der Waals surface area contributed by atoms with Gasteiger partial charge in [0.1, 0.15) is 12.2 Å². The average molecular weight is 502 g/mol. The number of nitrogens with one attached hydrogen (secondary N) is 2. The number of hydrogen-bond donors (Lipinski definition) is 2. The standard InChI is InChI=1S/C23H26BF3N6O3/c1-21(2)22(3,4)36-24(35-21)15-7-9-16(10-8-15)30-20-31-18(32-33(20)5)14-6-11-17(28-12-14)19(34)29-13-23(25,26)27/h6-12H,13H2,1-5H3,(H,29,34)(H,30,31,32). The zero-order valence-electron chi connectivity index (χ0n) is 20.5. The van der Waals surface area contributed by atoms with Crippen molar-refractivity contribution in [2.24, 2.45) is 7.05 Å². The molecule has 0 saturated carbocycles. The molecule has 1 aliphatic heterocycles. The van der Waals surface area contributed by atoms with E-state index in [0.717, 1.165) is 11.2 Å². The Morgan fingerprint density at radius 2 is 1.69 bits per heavy atom. The van der Waals surface area contributed by atoms with Gasteiger partial charge >= 0.3 is 13.3 Å². The summed E-state index contributed by atoms with van der Waals surface area (Å²) >= 11 is 0. The Hall–Kier alpha value is -3.45. The third-order valence-corrected chi connectivity index (χ3v) is 6.16. The third-order valence-electron chi connectivity index (χ3n) is 6.16. The van der Waals surface area contributed by atoms with Crippen molar-refractivity contribution >= 4 is 30.1 Å². The molecule has 9 nitrogen and oxygen atoms in total. The fraction of sp³-hybridized carbons (Fsp3) is 0.391. The van der Waals surface area contributed by atoms with Crippen LogP contribution in [0.4, 0.5) is 24.8 Å². The number of benzene rings is 1. The number of carbonyl (C=O) groups is 1. The Labute approximate surface area is 206 Å². The van der Waals surface area contributed by atoms with Gasteiger partial charge in [-0.3, -0.25) is 9.78 Å². The number of aromatic nitrogens is 4. The molecule has 1 saturated heterocycles. The Kier molecular flexibility index (Phi) is 6.56. The van der Waals surface area contributed by atoms with Crippen LogP contribution in [0.15, 0.2) is 42.6 Å². The van der Waals surface area contributed by atoms with E-state index >= 15 is 0 Å². The van der Waals surface area contributed by atoms with E-state index in [-0.39, 0.29) is 5.69 Å². The largest absolute Gasteiger partial charge is 0.494 e. The Morgan fingerprint density at radius 1 is 1.06 bits per heavy atom. The van der Waals surface area contributed by atoms with Gasteiger partial charge in [-0.15, -0.1) is 5.10 Å². The first-order chi connectivity index (χ1) is 16.7. The number of aryl methyl sites for hydroxylation is 1. The second-order valence-electron chi connectivity index (χ2n) is 9.45. The van der Waals surface area contributed by atoms with Crippen LogP contribution >= 0.6 is 0 Å². The molecule has 13 heteroatoms. The lowest BCUT2D eigenvalue weighted by Crippen LogP contribution is -2.41. The van der Waals surface area contributed by atoms with Crippen molar-refractivity contribution in [1.82, 2.24) is 25.1 Å². The number of hydrogen-bond acceptors (Lipinski definition) is 7. The number of nitrogens with zero attached hydrogens (tertiary/aromatic N) is 4. The summed E-state index contributed by atoms with van der Waals surface area (Å²) in [6, 6.07) is 10.4. The van der Waals surface area contributed by atoms with Gasteiger partial charge in [-0.25, -0.2) is 4.68 Å². The minimum atomic E-state index is -4.50. The highest BCUT2D eigenvalue weighted by Gasteiger charge is 2.51. The molecule has 1 fully saturated rings. The maximum atomic E-state index is 12.3. The van der Waals surface area contributed by atoms with E-state index in [1.54, 1.807) is 17.0 Å². The molecule has 0 spiro atoms. The molecule has 0 bridgehead atoms. The van der Waals surface area contributed by atoms with Crippen molar-refractivity contribution < 1.29 is 27.3 Å². The van der Waals surface area contributed by atoms with Gasteiger partial charge in [0, 0.05) is 24.5 Å². The maximum absolute atomic E-state index is 12.3. The Bertz CT molecular complexity index is 1230. The number of amides is 1. The normalized spacial score (nSPS) is 16.7. The van der Waals surface area contributed by atoms with E-state index in [1.165, 1.54) is 18.3 Å². The Balaban J connectivity index is 1.42. The number of anilines is 2. The number of halogens is 3. The van der Waals surface area contributed by atoms with Crippen LogP contribution in [0.5, 0.6) is 0 Å². The summed E-state index contributed by atoms with van der Waals surface area (Å²) in [6.45, 7) is 6.57. The molecule has 2 aromatic heterocycles. The summed E-state index contributed by atoms with van der Waals surface area (Å²) in [5.41, 5.74) is 1.17. The predicted molar refractivity (Wildman–Crippen MR) is 128 cm³/mol. The molecule has 4 rings (SSSR count). The molecule has 1 aliphatic rings. The molecular weight excluding hydrogens is 476 g/mol. The number of pyridine rings is 1. The molecule has 0 radical (unpaired) electrons. The molecule has 1 aromatic carbocycles. The highest BCUT2D eigenvalue weighted by molar-refractivity contribution is 6.62. The van der Waals surface area contributed by atoms with Crippen LogP contribution in [-0.2, 0) is 16.4 Å². The molecule has 3 aromatic rings. The van der Waals surface area contributed by atoms with E-state index < -0.39 is 36.9 Å². The lowest BCUT2D eigenvalue weighted by molar-refractivity contribution is -0.123. The van der Waals surface area contributed by atoms with E-state index in [4.69, 9.17) is 9.31 Å². The molecule has 3 heterocycles. The van der Waals surface area contributed by atoms with Crippen LogP contribution in [-0.4, -0.2) is 56.7 Å². The highest BCUT2D eigenvalue weighted by Crippen LogP contribution is 2.36. The lowest BCUT2D eigenvalue weighted by atomic mass is 9.79. The minimum Gasteiger partial charge on any atom is -0.399 e. The van der Waals surface area contributed by atoms with Gasteiger partial charge in [0.05, 0.1) is 11.2 Å². The average Bonchev–Trinajstić information content (AvgIpc) is 3.27. The van der Waals surface area contributed by atoms with Gasteiger partial charge < -0.3 is 19.9 Å². The topological polar surface area (TPSA) is 103 Å². The second kappa shape index (κ2) is 9.21. The molecule has 2 N–H and O–H groups in total. The summed E-state index contributed by atoms with van der Waals surface area (Å²) in [5.74, 6) is -0.122. The monoisotopic (exact) mass is 502 g/mol. The van der Waals surface area contributed by atoms with Gasteiger partial charge in [-0.2, -0.15) is 18.2 Å². The SMILES string of the molecule is Cn1nc(-c2ccc(C(=O)NCC(F)(F)F)nc2)nc1Nc1ccc(B2OC(C)(C)C(C)(C)O2)cc1. The molecule has 0 atom stereocenters. The summed E-state index contributed by atoms with van der Waals surface area (Å²) in [5, 5.41) is 9.32. The lowest BCUT2D eigenvalue weighted by Gasteiger charge is -2.32. The predicted octanol–water partition coefficient (Wildman–Crippen LogP) is 3.21.